The molecule has 92 valence electrons. The summed E-state index contributed by atoms with van der Waals surface area (Å²) in [6, 6.07) is 7.24. The molecular weight excluding hydrogens is 220 g/mol. The lowest BCUT2D eigenvalue weighted by molar-refractivity contribution is -0.157. The van der Waals surface area contributed by atoms with Crippen molar-refractivity contribution in [1.29, 1.82) is 0 Å². The molecular formula is C13H16O4. The number of carbonyl (C=O) groups is 1. The zero-order valence-electron chi connectivity index (χ0n) is 9.97. The Balaban J connectivity index is 2.42. The van der Waals surface area contributed by atoms with Gasteiger partial charge in [-0.1, -0.05) is 18.2 Å². The van der Waals surface area contributed by atoms with Crippen LogP contribution in [0, 0.1) is 5.92 Å². The van der Waals surface area contributed by atoms with Crippen LogP contribution in [0.1, 0.15) is 18.9 Å². The van der Waals surface area contributed by atoms with Crippen LogP contribution < -0.4 is 4.74 Å². The molecule has 0 aliphatic carbocycles. The fourth-order valence-electron chi connectivity index (χ4n) is 2.22. The molecule has 1 aromatic carbocycles. The summed E-state index contributed by atoms with van der Waals surface area (Å²) >= 11 is 0. The van der Waals surface area contributed by atoms with Gasteiger partial charge in [0.25, 0.3) is 0 Å². The molecule has 1 N–H and O–H groups in total. The highest BCUT2D eigenvalue weighted by molar-refractivity contribution is 5.74. The molecule has 4 heteroatoms. The Kier molecular flexibility index (Phi) is 3.07. The second-order valence-electron chi connectivity index (χ2n) is 4.26. The summed E-state index contributed by atoms with van der Waals surface area (Å²) in [6.45, 7) is 2.07. The van der Waals surface area contributed by atoms with Crippen LogP contribution in [-0.2, 0) is 15.1 Å². The Hall–Kier alpha value is -1.55. The Morgan fingerprint density at radius 2 is 2.24 bits per heavy atom. The van der Waals surface area contributed by atoms with Gasteiger partial charge in [0.15, 0.2) is 0 Å². The molecule has 0 spiro atoms. The molecule has 2 unspecified atom stereocenters. The third-order valence-electron chi connectivity index (χ3n) is 3.37. The molecule has 0 aromatic heterocycles. The van der Waals surface area contributed by atoms with Crippen molar-refractivity contribution >= 4 is 5.97 Å². The minimum Gasteiger partial charge on any atom is -0.493 e. The number of esters is 1. The molecule has 0 saturated carbocycles. The molecule has 1 heterocycles. The smallest absolute Gasteiger partial charge is 0.311 e. The van der Waals surface area contributed by atoms with Crippen LogP contribution in [0.5, 0.6) is 5.75 Å². The fourth-order valence-corrected chi connectivity index (χ4v) is 2.22. The zero-order valence-corrected chi connectivity index (χ0v) is 9.97. The van der Waals surface area contributed by atoms with Gasteiger partial charge in [-0.05, 0) is 13.0 Å². The van der Waals surface area contributed by atoms with Crippen molar-refractivity contribution in [3.63, 3.8) is 0 Å². The van der Waals surface area contributed by atoms with Crippen LogP contribution in [0.15, 0.2) is 24.3 Å². The summed E-state index contributed by atoms with van der Waals surface area (Å²) in [5.41, 5.74) is -0.550. The van der Waals surface area contributed by atoms with Crippen molar-refractivity contribution in [1.82, 2.24) is 0 Å². The summed E-state index contributed by atoms with van der Waals surface area (Å²) in [6.07, 6.45) is 0.389. The number of para-hydroxylation sites is 1. The molecule has 2 atom stereocenters. The van der Waals surface area contributed by atoms with Gasteiger partial charge in [0.1, 0.15) is 11.4 Å². The number of benzene rings is 1. The van der Waals surface area contributed by atoms with E-state index in [4.69, 9.17) is 9.47 Å². The number of fused-ring (bicyclic) bond motifs is 1. The summed E-state index contributed by atoms with van der Waals surface area (Å²) in [7, 11) is 1.33. The molecule has 17 heavy (non-hydrogen) atoms. The highest BCUT2D eigenvalue weighted by Crippen LogP contribution is 2.42. The maximum absolute atomic E-state index is 11.6. The molecule has 0 bridgehead atoms. The number of carbonyl (C=O) groups excluding carboxylic acids is 1. The number of hydrogen-bond donors (Lipinski definition) is 1. The van der Waals surface area contributed by atoms with Gasteiger partial charge in [0.05, 0.1) is 19.6 Å². The monoisotopic (exact) mass is 236 g/mol. The molecule has 0 saturated heterocycles. The second-order valence-corrected chi connectivity index (χ2v) is 4.26. The summed E-state index contributed by atoms with van der Waals surface area (Å²) in [5, 5.41) is 10.7. The van der Waals surface area contributed by atoms with E-state index in [0.717, 1.165) is 0 Å². The molecule has 1 aliphatic heterocycles. The number of methoxy groups -OCH3 is 1. The zero-order chi connectivity index (χ0) is 12.5. The Labute approximate surface area is 100 Å². The number of ether oxygens (including phenoxy) is 2. The van der Waals surface area contributed by atoms with Gasteiger partial charge in [-0.2, -0.15) is 0 Å². The van der Waals surface area contributed by atoms with Crippen LogP contribution in [0.3, 0.4) is 0 Å². The molecule has 0 fully saturated rings. The minimum absolute atomic E-state index is 0.389. The van der Waals surface area contributed by atoms with Crippen molar-refractivity contribution in [2.45, 2.75) is 18.9 Å². The maximum Gasteiger partial charge on any atom is 0.311 e. The van der Waals surface area contributed by atoms with Gasteiger partial charge in [0.2, 0.25) is 0 Å². The first-order chi connectivity index (χ1) is 8.09. The van der Waals surface area contributed by atoms with E-state index < -0.39 is 17.5 Å². The van der Waals surface area contributed by atoms with Crippen molar-refractivity contribution < 1.29 is 19.4 Å². The first-order valence-corrected chi connectivity index (χ1v) is 5.62. The van der Waals surface area contributed by atoms with Gasteiger partial charge in [-0.25, -0.2) is 0 Å². The highest BCUT2D eigenvalue weighted by Gasteiger charge is 2.44. The second kappa shape index (κ2) is 4.37. The standard InChI is InChI=1S/C13H16O4/c1-9(12(14)16-2)13(15)7-8-17-11-6-4-3-5-10(11)13/h3-6,9,15H,7-8H2,1-2H3. The third-order valence-corrected chi connectivity index (χ3v) is 3.37. The van der Waals surface area contributed by atoms with Crippen molar-refractivity contribution in [2.75, 3.05) is 13.7 Å². The maximum atomic E-state index is 11.6. The largest absolute Gasteiger partial charge is 0.493 e. The quantitative estimate of drug-likeness (QED) is 0.790. The van der Waals surface area contributed by atoms with Gasteiger partial charge < -0.3 is 14.6 Å². The molecule has 4 nitrogen and oxygen atoms in total. The van der Waals surface area contributed by atoms with Gasteiger partial charge >= 0.3 is 5.97 Å². The van der Waals surface area contributed by atoms with E-state index in [9.17, 15) is 9.90 Å². The normalized spacial score (nSPS) is 24.4. The van der Waals surface area contributed by atoms with E-state index in [0.29, 0.717) is 24.3 Å². The van der Waals surface area contributed by atoms with Crippen LogP contribution in [-0.4, -0.2) is 24.8 Å². The first-order valence-electron chi connectivity index (χ1n) is 5.62. The van der Waals surface area contributed by atoms with Crippen molar-refractivity contribution in [2.24, 2.45) is 5.92 Å². The third kappa shape index (κ3) is 1.89. The van der Waals surface area contributed by atoms with Crippen LogP contribution >= 0.6 is 0 Å². The Morgan fingerprint density at radius 1 is 1.53 bits per heavy atom. The molecule has 1 aliphatic rings. The predicted octanol–water partition coefficient (Wildman–Crippen LogP) is 1.47. The minimum atomic E-state index is -1.21. The van der Waals surface area contributed by atoms with Gasteiger partial charge in [-0.3, -0.25) is 4.79 Å². The number of aliphatic hydroxyl groups is 1. The lowest BCUT2D eigenvalue weighted by atomic mass is 9.78. The molecule has 0 radical (unpaired) electrons. The van der Waals surface area contributed by atoms with E-state index in [1.165, 1.54) is 7.11 Å². The van der Waals surface area contributed by atoms with E-state index in [1.807, 2.05) is 12.1 Å². The Morgan fingerprint density at radius 3 is 2.94 bits per heavy atom. The summed E-state index contributed by atoms with van der Waals surface area (Å²) in [5.74, 6) is -0.390. The van der Waals surface area contributed by atoms with Crippen molar-refractivity contribution in [3.8, 4) is 5.75 Å². The Bertz CT molecular complexity index is 429. The average molecular weight is 236 g/mol. The topological polar surface area (TPSA) is 55.8 Å². The molecule has 0 amide bonds. The van der Waals surface area contributed by atoms with Crippen molar-refractivity contribution in [3.05, 3.63) is 29.8 Å². The first kappa shape index (κ1) is 11.9. The lowest BCUT2D eigenvalue weighted by Crippen LogP contribution is -2.42. The summed E-state index contributed by atoms with van der Waals surface area (Å²) < 4.78 is 10.2. The van der Waals surface area contributed by atoms with E-state index in [2.05, 4.69) is 0 Å². The number of rotatable bonds is 2. The van der Waals surface area contributed by atoms with E-state index in [1.54, 1.807) is 19.1 Å². The molecule has 2 rings (SSSR count). The fraction of sp³-hybridized carbons (Fsp3) is 0.462. The van der Waals surface area contributed by atoms with Crippen LogP contribution in [0.4, 0.5) is 0 Å². The van der Waals surface area contributed by atoms with E-state index in [-0.39, 0.29) is 0 Å². The van der Waals surface area contributed by atoms with E-state index >= 15 is 0 Å². The van der Waals surface area contributed by atoms with Crippen LogP contribution in [0.2, 0.25) is 0 Å². The molecule has 1 aromatic rings. The average Bonchev–Trinajstić information content (AvgIpc) is 2.37. The summed E-state index contributed by atoms with van der Waals surface area (Å²) in [4.78, 5) is 11.6. The van der Waals surface area contributed by atoms with Gasteiger partial charge in [0, 0.05) is 12.0 Å². The van der Waals surface area contributed by atoms with Gasteiger partial charge in [-0.15, -0.1) is 0 Å². The van der Waals surface area contributed by atoms with Crippen LogP contribution in [0.25, 0.3) is 0 Å². The highest BCUT2D eigenvalue weighted by atomic mass is 16.5. The number of hydrogen-bond acceptors (Lipinski definition) is 4. The SMILES string of the molecule is COC(=O)C(C)C1(O)CCOc2ccccc21. The lowest BCUT2D eigenvalue weighted by Gasteiger charge is -2.37. The predicted molar refractivity (Wildman–Crippen MR) is 61.6 cm³/mol.